The lowest BCUT2D eigenvalue weighted by Gasteiger charge is -2.49. The number of hydrogen-bond donors (Lipinski definition) is 1. The third-order valence-corrected chi connectivity index (χ3v) is 9.12. The Kier molecular flexibility index (Phi) is 7.07. The largest absolute Gasteiger partial charge is 0.453 e. The summed E-state index contributed by atoms with van der Waals surface area (Å²) in [5.41, 5.74) is 1.70. The summed E-state index contributed by atoms with van der Waals surface area (Å²) in [4.78, 5) is 19.4. The lowest BCUT2D eigenvalue weighted by Crippen LogP contribution is -2.55. The number of halogens is 3. The second kappa shape index (κ2) is 9.97. The number of nitrogens with zero attached hydrogens (tertiary/aromatic N) is 2. The molecule has 1 aromatic carbocycles. The van der Waals surface area contributed by atoms with E-state index in [1.54, 1.807) is 0 Å². The van der Waals surface area contributed by atoms with E-state index in [1.165, 1.54) is 25.0 Å². The van der Waals surface area contributed by atoms with Gasteiger partial charge in [0, 0.05) is 43.5 Å². The van der Waals surface area contributed by atoms with Crippen molar-refractivity contribution in [2.24, 2.45) is 28.7 Å². The van der Waals surface area contributed by atoms with Crippen LogP contribution in [0.5, 0.6) is 0 Å². The number of methoxy groups -OCH3 is 1. The maximum absolute atomic E-state index is 13.3. The molecule has 1 saturated carbocycles. The molecular weight excluding hydrogens is 471 g/mol. The Bertz CT molecular complexity index is 1010. The minimum atomic E-state index is -4.34. The van der Waals surface area contributed by atoms with E-state index < -0.39 is 17.8 Å². The van der Waals surface area contributed by atoms with Gasteiger partial charge in [-0.05, 0) is 86.6 Å². The van der Waals surface area contributed by atoms with Crippen LogP contribution in [0, 0.1) is 23.7 Å². The number of aliphatic imine (C=N–C) groups is 1. The molecule has 1 unspecified atom stereocenters. The number of likely N-dealkylation sites (tertiary alicyclic amines) is 1. The van der Waals surface area contributed by atoms with Crippen molar-refractivity contribution in [3.05, 3.63) is 29.3 Å². The lowest BCUT2D eigenvalue weighted by atomic mass is 9.62. The number of piperidine rings is 1. The summed E-state index contributed by atoms with van der Waals surface area (Å²) < 4.78 is 50.2. The van der Waals surface area contributed by atoms with Crippen LogP contribution < -0.4 is 5.32 Å². The fraction of sp³-hybridized carbons (Fsp3) is 0.704. The van der Waals surface area contributed by atoms with Gasteiger partial charge in [-0.25, -0.2) is 4.79 Å². The quantitative estimate of drug-likeness (QED) is 0.607. The summed E-state index contributed by atoms with van der Waals surface area (Å²) in [6.07, 6.45) is 0.348. The van der Waals surface area contributed by atoms with Crippen LogP contribution in [0.4, 0.5) is 23.7 Å². The van der Waals surface area contributed by atoms with Crippen LogP contribution >= 0.6 is 0 Å². The van der Waals surface area contributed by atoms with E-state index in [-0.39, 0.29) is 11.5 Å². The van der Waals surface area contributed by atoms with Gasteiger partial charge in [-0.2, -0.15) is 13.2 Å². The SMILES string of the molecule is COC(=O)NC1(CCN2CC[C@@H]3CC4=Nc5ccc(C(F)(F)F)cc5CC4[C@H](C)[C@H]3C2)CCOCC1. The van der Waals surface area contributed by atoms with E-state index >= 15 is 0 Å². The normalized spacial score (nSPS) is 29.9. The minimum absolute atomic E-state index is 0.199. The summed E-state index contributed by atoms with van der Waals surface area (Å²) in [6.45, 7) is 6.42. The number of hydrogen-bond acceptors (Lipinski definition) is 5. The van der Waals surface area contributed by atoms with Crippen molar-refractivity contribution in [2.45, 2.75) is 57.2 Å². The Morgan fingerprint density at radius 1 is 1.28 bits per heavy atom. The first-order valence-corrected chi connectivity index (χ1v) is 13.1. The van der Waals surface area contributed by atoms with Crippen LogP contribution in [-0.4, -0.2) is 62.2 Å². The fourth-order valence-corrected chi connectivity index (χ4v) is 6.87. The second-order valence-electron chi connectivity index (χ2n) is 11.1. The number of ether oxygens (including phenoxy) is 2. The zero-order valence-corrected chi connectivity index (χ0v) is 21.1. The molecule has 5 rings (SSSR count). The topological polar surface area (TPSA) is 63.2 Å². The van der Waals surface area contributed by atoms with E-state index in [2.05, 4.69) is 17.1 Å². The van der Waals surface area contributed by atoms with Gasteiger partial charge in [0.1, 0.15) is 0 Å². The molecule has 1 aromatic rings. The zero-order valence-electron chi connectivity index (χ0n) is 21.1. The van der Waals surface area contributed by atoms with E-state index in [0.29, 0.717) is 48.6 Å². The van der Waals surface area contributed by atoms with Crippen LogP contribution in [0.15, 0.2) is 23.2 Å². The number of carbonyl (C=O) groups is 1. The molecule has 2 saturated heterocycles. The standard InChI is InChI=1S/C27H36F3N3O3/c1-17-21-14-19-13-20(27(28,29)30)3-4-23(19)31-24(21)15-18-5-9-33(16-22(17)18)10-6-26(32-25(34)35-2)7-11-36-12-8-26/h3-4,13,17-18,21-22H,5-12,14-16H2,1-2H3,(H,32,34)/t17-,18+,21?,22+/m0/s1. The maximum Gasteiger partial charge on any atom is 0.416 e. The van der Waals surface area contributed by atoms with E-state index in [4.69, 9.17) is 14.5 Å². The number of benzene rings is 1. The van der Waals surface area contributed by atoms with Crippen LogP contribution in [0.2, 0.25) is 0 Å². The second-order valence-corrected chi connectivity index (χ2v) is 11.1. The molecule has 1 N–H and O–H groups in total. The third kappa shape index (κ3) is 5.14. The van der Waals surface area contributed by atoms with Crippen molar-refractivity contribution < 1.29 is 27.4 Å². The summed E-state index contributed by atoms with van der Waals surface area (Å²) >= 11 is 0. The number of rotatable bonds is 4. The smallest absolute Gasteiger partial charge is 0.416 e. The molecule has 1 amide bonds. The zero-order chi connectivity index (χ0) is 25.5. The van der Waals surface area contributed by atoms with Gasteiger partial charge in [0.15, 0.2) is 0 Å². The average molecular weight is 508 g/mol. The van der Waals surface area contributed by atoms with Crippen molar-refractivity contribution in [3.63, 3.8) is 0 Å². The van der Waals surface area contributed by atoms with Gasteiger partial charge in [-0.3, -0.25) is 4.99 Å². The highest BCUT2D eigenvalue weighted by molar-refractivity contribution is 5.92. The van der Waals surface area contributed by atoms with E-state index in [1.807, 2.05) is 0 Å². The van der Waals surface area contributed by atoms with Crippen LogP contribution in [0.25, 0.3) is 0 Å². The Hall–Kier alpha value is -2.13. The Labute approximate surface area is 210 Å². The van der Waals surface area contributed by atoms with Gasteiger partial charge in [-0.1, -0.05) is 6.92 Å². The molecular formula is C27H36F3N3O3. The van der Waals surface area contributed by atoms with E-state index in [9.17, 15) is 18.0 Å². The van der Waals surface area contributed by atoms with Gasteiger partial charge in [0.2, 0.25) is 0 Å². The van der Waals surface area contributed by atoms with Crippen LogP contribution in [0.1, 0.15) is 50.2 Å². The van der Waals surface area contributed by atoms with Gasteiger partial charge in [0.25, 0.3) is 0 Å². The first-order valence-electron chi connectivity index (χ1n) is 13.1. The van der Waals surface area contributed by atoms with Crippen molar-refractivity contribution in [2.75, 3.05) is 40.0 Å². The molecule has 3 aliphatic heterocycles. The molecule has 0 radical (unpaired) electrons. The highest BCUT2D eigenvalue weighted by Gasteiger charge is 2.45. The van der Waals surface area contributed by atoms with Crippen LogP contribution in [0.3, 0.4) is 0 Å². The summed E-state index contributed by atoms with van der Waals surface area (Å²) in [5, 5.41) is 3.08. The molecule has 9 heteroatoms. The average Bonchev–Trinajstić information content (AvgIpc) is 2.86. The van der Waals surface area contributed by atoms with Gasteiger partial charge >= 0.3 is 12.3 Å². The lowest BCUT2D eigenvalue weighted by molar-refractivity contribution is -0.137. The molecule has 198 valence electrons. The number of nitrogens with one attached hydrogen (secondary N) is 1. The Balaban J connectivity index is 1.26. The molecule has 4 atom stereocenters. The van der Waals surface area contributed by atoms with Crippen LogP contribution in [-0.2, 0) is 22.1 Å². The summed E-state index contributed by atoms with van der Waals surface area (Å²) in [6, 6.07) is 3.98. The van der Waals surface area contributed by atoms with Gasteiger partial charge in [0.05, 0.1) is 18.4 Å². The molecule has 4 aliphatic rings. The molecule has 0 bridgehead atoms. The number of amides is 1. The number of alkyl halides is 3. The summed E-state index contributed by atoms with van der Waals surface area (Å²) in [7, 11) is 1.39. The highest BCUT2D eigenvalue weighted by atomic mass is 19.4. The predicted molar refractivity (Wildman–Crippen MR) is 130 cm³/mol. The minimum Gasteiger partial charge on any atom is -0.453 e. The number of fused-ring (bicyclic) bond motifs is 3. The third-order valence-electron chi connectivity index (χ3n) is 9.12. The molecule has 1 aliphatic carbocycles. The molecule has 3 heterocycles. The van der Waals surface area contributed by atoms with Crippen molar-refractivity contribution in [1.29, 1.82) is 0 Å². The molecule has 6 nitrogen and oxygen atoms in total. The predicted octanol–water partition coefficient (Wildman–Crippen LogP) is 5.22. The Morgan fingerprint density at radius 2 is 2.06 bits per heavy atom. The monoisotopic (exact) mass is 507 g/mol. The summed E-state index contributed by atoms with van der Waals surface area (Å²) in [5.74, 6) is 1.62. The number of alkyl carbamates (subject to hydrolysis) is 1. The van der Waals surface area contributed by atoms with Gasteiger partial charge < -0.3 is 19.7 Å². The maximum atomic E-state index is 13.3. The highest BCUT2D eigenvalue weighted by Crippen LogP contribution is 2.47. The number of carbonyl (C=O) groups excluding carboxylic acids is 1. The van der Waals surface area contributed by atoms with Crippen molar-refractivity contribution >= 4 is 17.5 Å². The fourth-order valence-electron chi connectivity index (χ4n) is 6.87. The molecule has 0 aromatic heterocycles. The van der Waals surface area contributed by atoms with Crippen molar-refractivity contribution in [3.8, 4) is 0 Å². The molecule has 0 spiro atoms. The van der Waals surface area contributed by atoms with Crippen molar-refractivity contribution in [1.82, 2.24) is 10.2 Å². The first-order chi connectivity index (χ1) is 17.2. The van der Waals surface area contributed by atoms with Gasteiger partial charge in [-0.15, -0.1) is 0 Å². The van der Waals surface area contributed by atoms with E-state index in [0.717, 1.165) is 57.8 Å². The Morgan fingerprint density at radius 3 is 2.78 bits per heavy atom. The molecule has 36 heavy (non-hydrogen) atoms. The first kappa shape index (κ1) is 25.5. The molecule has 3 fully saturated rings.